The quantitative estimate of drug-likeness (QED) is 0.907. The van der Waals surface area contributed by atoms with Gasteiger partial charge in [0.1, 0.15) is 0 Å². The molecule has 4 aliphatic rings. The highest BCUT2D eigenvalue weighted by Gasteiger charge is 2.76. The number of amides is 1. The van der Waals surface area contributed by atoms with Gasteiger partial charge in [-0.3, -0.25) is 9.69 Å². The number of nitrogens with zero attached hydrogens (tertiary/aromatic N) is 1. The number of carbonyl (C=O) groups is 1. The van der Waals surface area contributed by atoms with E-state index in [4.69, 9.17) is 0 Å². The van der Waals surface area contributed by atoms with Crippen LogP contribution in [0, 0.1) is 29.1 Å². The molecule has 6 unspecified atom stereocenters. The minimum Gasteiger partial charge on any atom is -0.352 e. The van der Waals surface area contributed by atoms with Gasteiger partial charge in [0, 0.05) is 12.6 Å². The maximum absolute atomic E-state index is 12.5. The second-order valence-electron chi connectivity index (χ2n) is 8.54. The standard InChI is InChI=1S/C20H26N2O/c1-22(11-13-5-3-2-4-6-13)12-18(23)21-19-14-7-15-8-16-9-17(19)20(15,16)10-14/h2-6,14-17,19H,7-12H2,1H3,(H,21,23). The first-order valence-corrected chi connectivity index (χ1v) is 9.18. The van der Waals surface area contributed by atoms with Gasteiger partial charge in [-0.15, -0.1) is 0 Å². The largest absolute Gasteiger partial charge is 0.352 e. The van der Waals surface area contributed by atoms with Gasteiger partial charge in [0.05, 0.1) is 6.54 Å². The maximum atomic E-state index is 12.5. The fourth-order valence-corrected chi connectivity index (χ4v) is 6.67. The van der Waals surface area contributed by atoms with E-state index in [2.05, 4.69) is 34.5 Å². The summed E-state index contributed by atoms with van der Waals surface area (Å²) in [6, 6.07) is 10.9. The van der Waals surface area contributed by atoms with Crippen LogP contribution < -0.4 is 5.32 Å². The summed E-state index contributed by atoms with van der Waals surface area (Å²) in [7, 11) is 2.04. The molecule has 4 fully saturated rings. The fraction of sp³-hybridized carbons (Fsp3) is 0.650. The molecule has 3 nitrogen and oxygen atoms in total. The highest BCUT2D eigenvalue weighted by Crippen LogP contribution is 2.81. The molecule has 4 aliphatic carbocycles. The predicted octanol–water partition coefficient (Wildman–Crippen LogP) is 2.67. The van der Waals surface area contributed by atoms with Crippen molar-refractivity contribution in [1.82, 2.24) is 10.2 Å². The molecule has 1 amide bonds. The Morgan fingerprint density at radius 3 is 2.74 bits per heavy atom. The van der Waals surface area contributed by atoms with E-state index in [0.29, 0.717) is 18.0 Å². The molecule has 1 aromatic rings. The van der Waals surface area contributed by atoms with Crippen molar-refractivity contribution in [3.05, 3.63) is 35.9 Å². The van der Waals surface area contributed by atoms with Crippen LogP contribution in [0.15, 0.2) is 30.3 Å². The Bertz CT molecular complexity index is 630. The van der Waals surface area contributed by atoms with Crippen LogP contribution in [-0.2, 0) is 11.3 Å². The third-order valence-electron chi connectivity index (χ3n) is 7.50. The molecular formula is C20H26N2O. The molecule has 6 atom stereocenters. The Kier molecular flexibility index (Phi) is 2.94. The van der Waals surface area contributed by atoms with E-state index < -0.39 is 0 Å². The molecule has 0 radical (unpaired) electrons. The van der Waals surface area contributed by atoms with Gasteiger partial charge in [-0.25, -0.2) is 0 Å². The number of likely N-dealkylation sites (N-methyl/N-ethyl adjacent to an activating group) is 1. The van der Waals surface area contributed by atoms with Gasteiger partial charge in [-0.05, 0) is 67.4 Å². The molecule has 4 saturated carbocycles. The first-order valence-electron chi connectivity index (χ1n) is 9.18. The zero-order chi connectivity index (χ0) is 15.6. The lowest BCUT2D eigenvalue weighted by atomic mass is 9.38. The van der Waals surface area contributed by atoms with Crippen molar-refractivity contribution in [2.24, 2.45) is 29.1 Å². The first-order chi connectivity index (χ1) is 11.2. The average Bonchev–Trinajstić information content (AvgIpc) is 2.99. The predicted molar refractivity (Wildman–Crippen MR) is 89.6 cm³/mol. The van der Waals surface area contributed by atoms with Gasteiger partial charge >= 0.3 is 0 Å². The number of nitrogens with one attached hydrogen (secondary N) is 1. The van der Waals surface area contributed by atoms with Crippen LogP contribution in [0.2, 0.25) is 0 Å². The van der Waals surface area contributed by atoms with Crippen molar-refractivity contribution in [2.75, 3.05) is 13.6 Å². The number of carbonyl (C=O) groups excluding carboxylic acids is 1. The molecule has 0 heterocycles. The summed E-state index contributed by atoms with van der Waals surface area (Å²) < 4.78 is 0. The molecule has 2 bridgehead atoms. The monoisotopic (exact) mass is 310 g/mol. The summed E-state index contributed by atoms with van der Waals surface area (Å²) in [5.41, 5.74) is 1.96. The van der Waals surface area contributed by atoms with Crippen LogP contribution in [0.1, 0.15) is 31.2 Å². The molecular weight excluding hydrogens is 284 g/mol. The van der Waals surface area contributed by atoms with Gasteiger partial charge in [-0.2, -0.15) is 0 Å². The molecule has 1 N–H and O–H groups in total. The van der Waals surface area contributed by atoms with E-state index in [9.17, 15) is 4.79 Å². The maximum Gasteiger partial charge on any atom is 0.234 e. The second-order valence-corrected chi connectivity index (χ2v) is 8.54. The van der Waals surface area contributed by atoms with Gasteiger partial charge < -0.3 is 5.32 Å². The van der Waals surface area contributed by atoms with E-state index >= 15 is 0 Å². The lowest BCUT2D eigenvalue weighted by Crippen LogP contribution is -2.65. The number of benzene rings is 1. The van der Waals surface area contributed by atoms with Crippen molar-refractivity contribution in [3.8, 4) is 0 Å². The number of hydrogen-bond donors (Lipinski definition) is 1. The van der Waals surface area contributed by atoms with Gasteiger partial charge in [0.25, 0.3) is 0 Å². The van der Waals surface area contributed by atoms with Crippen LogP contribution in [0.3, 0.4) is 0 Å². The summed E-state index contributed by atoms with van der Waals surface area (Å²) in [5, 5.41) is 3.41. The van der Waals surface area contributed by atoms with Gasteiger partial charge in [0.15, 0.2) is 0 Å². The Hall–Kier alpha value is -1.35. The van der Waals surface area contributed by atoms with Gasteiger partial charge in [-0.1, -0.05) is 30.3 Å². The van der Waals surface area contributed by atoms with Crippen molar-refractivity contribution in [2.45, 2.75) is 38.3 Å². The Labute approximate surface area is 138 Å². The lowest BCUT2D eigenvalue weighted by molar-refractivity contribution is -0.184. The lowest BCUT2D eigenvalue weighted by Gasteiger charge is -2.67. The van der Waals surface area contributed by atoms with Crippen molar-refractivity contribution >= 4 is 5.91 Å². The van der Waals surface area contributed by atoms with Crippen LogP contribution in [0.5, 0.6) is 0 Å². The average molecular weight is 310 g/mol. The molecule has 1 spiro atoms. The molecule has 5 rings (SSSR count). The molecule has 122 valence electrons. The summed E-state index contributed by atoms with van der Waals surface area (Å²) in [6.45, 7) is 1.34. The highest BCUT2D eigenvalue weighted by molar-refractivity contribution is 5.78. The molecule has 1 aromatic carbocycles. The summed E-state index contributed by atoms with van der Waals surface area (Å²) in [6.07, 6.45) is 5.68. The molecule has 0 aliphatic heterocycles. The SMILES string of the molecule is CN(CC(=O)NC1C2CC3CC4CC1C34C2)Cc1ccccc1. The zero-order valence-electron chi connectivity index (χ0n) is 13.9. The highest BCUT2D eigenvalue weighted by atomic mass is 16.2. The third-order valence-corrected chi connectivity index (χ3v) is 7.50. The Balaban J connectivity index is 1.17. The second kappa shape index (κ2) is 4.83. The number of fused-ring (bicyclic) bond motifs is 1. The van der Waals surface area contributed by atoms with E-state index in [1.807, 2.05) is 13.1 Å². The minimum absolute atomic E-state index is 0.219. The van der Waals surface area contributed by atoms with Crippen molar-refractivity contribution < 1.29 is 4.79 Å². The first kappa shape index (κ1) is 14.0. The third kappa shape index (κ3) is 1.89. The number of rotatable bonds is 5. The van der Waals surface area contributed by atoms with Gasteiger partial charge in [0.2, 0.25) is 5.91 Å². The summed E-state index contributed by atoms with van der Waals surface area (Å²) in [4.78, 5) is 14.6. The van der Waals surface area contributed by atoms with Crippen LogP contribution in [-0.4, -0.2) is 30.4 Å². The Morgan fingerprint density at radius 1 is 1.22 bits per heavy atom. The van der Waals surface area contributed by atoms with Crippen LogP contribution >= 0.6 is 0 Å². The van der Waals surface area contributed by atoms with E-state index in [1.54, 1.807) is 0 Å². The smallest absolute Gasteiger partial charge is 0.234 e. The molecule has 0 saturated heterocycles. The van der Waals surface area contributed by atoms with Crippen LogP contribution in [0.25, 0.3) is 0 Å². The van der Waals surface area contributed by atoms with Crippen molar-refractivity contribution in [1.29, 1.82) is 0 Å². The molecule has 23 heavy (non-hydrogen) atoms. The molecule has 3 heteroatoms. The van der Waals surface area contributed by atoms with E-state index in [-0.39, 0.29) is 5.91 Å². The van der Waals surface area contributed by atoms with E-state index in [1.165, 1.54) is 31.2 Å². The fourth-order valence-electron chi connectivity index (χ4n) is 6.67. The van der Waals surface area contributed by atoms with E-state index in [0.717, 1.165) is 30.2 Å². The summed E-state index contributed by atoms with van der Waals surface area (Å²) >= 11 is 0. The molecule has 0 aromatic heterocycles. The normalized spacial score (nSPS) is 42.1. The van der Waals surface area contributed by atoms with Crippen molar-refractivity contribution in [3.63, 3.8) is 0 Å². The topological polar surface area (TPSA) is 32.3 Å². The summed E-state index contributed by atoms with van der Waals surface area (Å²) in [5.74, 6) is 3.85. The zero-order valence-corrected chi connectivity index (χ0v) is 13.9. The Morgan fingerprint density at radius 2 is 2.00 bits per heavy atom. The minimum atomic E-state index is 0.219. The van der Waals surface area contributed by atoms with Crippen LogP contribution in [0.4, 0.5) is 0 Å². The number of hydrogen-bond acceptors (Lipinski definition) is 2.